The van der Waals surface area contributed by atoms with Gasteiger partial charge in [0.05, 0.1) is 13.2 Å². The third kappa shape index (κ3) is 9.99. The molecule has 1 rings (SSSR count). The van der Waals surface area contributed by atoms with Crippen molar-refractivity contribution in [2.24, 2.45) is 0 Å². The molecule has 0 atom stereocenters. The fourth-order valence-corrected chi connectivity index (χ4v) is 2.06. The molecule has 0 bridgehead atoms. The van der Waals surface area contributed by atoms with E-state index in [2.05, 4.69) is 18.8 Å². The maximum Gasteiger partial charge on any atom is 0.331 e. The van der Waals surface area contributed by atoms with Crippen LogP contribution < -0.4 is 20.1 Å². The van der Waals surface area contributed by atoms with Crippen LogP contribution in [0.4, 0.5) is 4.79 Å². The Kier molecular flexibility index (Phi) is 11.3. The number of amides is 3. The Labute approximate surface area is 170 Å². The normalized spacial score (nSPS) is 10.3. The van der Waals surface area contributed by atoms with Crippen molar-refractivity contribution in [1.29, 1.82) is 0 Å². The van der Waals surface area contributed by atoms with Crippen molar-refractivity contribution < 1.29 is 28.6 Å². The number of benzene rings is 1. The first-order valence-electron chi connectivity index (χ1n) is 9.43. The first-order valence-corrected chi connectivity index (χ1v) is 9.43. The van der Waals surface area contributed by atoms with Crippen molar-refractivity contribution in [2.45, 2.75) is 26.7 Å². The highest BCUT2D eigenvalue weighted by molar-refractivity contribution is 5.96. The molecule has 2 N–H and O–H groups in total. The molecule has 0 spiro atoms. The molecular weight excluding hydrogens is 376 g/mol. The monoisotopic (exact) mass is 404 g/mol. The average molecular weight is 404 g/mol. The molecule has 0 unspecified atom stereocenters. The average Bonchev–Trinajstić information content (AvgIpc) is 2.70. The van der Waals surface area contributed by atoms with Gasteiger partial charge in [-0.05, 0) is 37.1 Å². The molecule has 158 valence electrons. The number of urea groups is 1. The van der Waals surface area contributed by atoms with Crippen LogP contribution in [-0.2, 0) is 14.3 Å². The summed E-state index contributed by atoms with van der Waals surface area (Å²) in [7, 11) is 0. The first kappa shape index (κ1) is 23.7. The van der Waals surface area contributed by atoms with Crippen LogP contribution in [-0.4, -0.2) is 44.3 Å². The van der Waals surface area contributed by atoms with E-state index in [1.54, 1.807) is 18.2 Å². The molecule has 29 heavy (non-hydrogen) atoms. The maximum absolute atomic E-state index is 11.8. The van der Waals surface area contributed by atoms with Gasteiger partial charge in [-0.2, -0.15) is 0 Å². The lowest BCUT2D eigenvalue weighted by Gasteiger charge is -2.12. The quantitative estimate of drug-likeness (QED) is 0.240. The van der Waals surface area contributed by atoms with Crippen LogP contribution in [0.15, 0.2) is 36.9 Å². The van der Waals surface area contributed by atoms with E-state index in [9.17, 15) is 14.4 Å². The van der Waals surface area contributed by atoms with Crippen LogP contribution in [0.2, 0.25) is 0 Å². The molecule has 0 aliphatic rings. The van der Waals surface area contributed by atoms with Crippen molar-refractivity contribution in [3.05, 3.63) is 42.5 Å². The second kappa shape index (κ2) is 13.8. The van der Waals surface area contributed by atoms with E-state index in [4.69, 9.17) is 14.2 Å². The Bertz CT molecular complexity index is 730. The third-order valence-corrected chi connectivity index (χ3v) is 3.44. The van der Waals surface area contributed by atoms with Crippen LogP contribution in [0.3, 0.4) is 0 Å². The molecule has 0 saturated heterocycles. The van der Waals surface area contributed by atoms with Crippen molar-refractivity contribution in [3.8, 4) is 11.5 Å². The zero-order valence-electron chi connectivity index (χ0n) is 16.9. The molecule has 0 aliphatic heterocycles. The number of hydrogen-bond donors (Lipinski definition) is 2. The fourth-order valence-electron chi connectivity index (χ4n) is 2.06. The summed E-state index contributed by atoms with van der Waals surface area (Å²) in [6.45, 7) is 8.12. The number of imide groups is 1. The summed E-state index contributed by atoms with van der Waals surface area (Å²) in [5.41, 5.74) is 0.710. The molecule has 0 heterocycles. The van der Waals surface area contributed by atoms with E-state index in [-0.39, 0.29) is 6.54 Å². The van der Waals surface area contributed by atoms with Gasteiger partial charge in [0.15, 0.2) is 18.1 Å². The smallest absolute Gasteiger partial charge is 0.331 e. The fraction of sp³-hybridized carbons (Fsp3) is 0.381. The van der Waals surface area contributed by atoms with Gasteiger partial charge in [-0.25, -0.2) is 9.59 Å². The lowest BCUT2D eigenvalue weighted by molar-refractivity contribution is -0.143. The van der Waals surface area contributed by atoms with Gasteiger partial charge in [0, 0.05) is 12.6 Å². The highest BCUT2D eigenvalue weighted by Gasteiger charge is 2.09. The number of rotatable bonds is 12. The Balaban J connectivity index is 2.57. The van der Waals surface area contributed by atoms with Gasteiger partial charge >= 0.3 is 12.0 Å². The summed E-state index contributed by atoms with van der Waals surface area (Å²) in [5, 5.41) is 4.39. The molecule has 0 aromatic heterocycles. The summed E-state index contributed by atoms with van der Waals surface area (Å²) in [5.74, 6) is -0.219. The number of esters is 1. The van der Waals surface area contributed by atoms with E-state index in [0.29, 0.717) is 30.3 Å². The Morgan fingerprint density at radius 2 is 1.93 bits per heavy atom. The molecule has 3 amide bonds. The Morgan fingerprint density at radius 3 is 2.62 bits per heavy atom. The van der Waals surface area contributed by atoms with Crippen LogP contribution in [0, 0.1) is 0 Å². The maximum atomic E-state index is 11.8. The number of unbranched alkanes of at least 4 members (excludes halogenated alkanes) is 1. The minimum Gasteiger partial charge on any atom is -0.490 e. The number of carbonyl (C=O) groups excluding carboxylic acids is 3. The third-order valence-electron chi connectivity index (χ3n) is 3.44. The van der Waals surface area contributed by atoms with Gasteiger partial charge in [0.25, 0.3) is 5.91 Å². The van der Waals surface area contributed by atoms with Gasteiger partial charge in [-0.3, -0.25) is 10.1 Å². The summed E-state index contributed by atoms with van der Waals surface area (Å²) in [6, 6.07) is 4.63. The van der Waals surface area contributed by atoms with E-state index in [1.807, 2.05) is 12.2 Å². The Hall–Kier alpha value is -3.29. The number of nitrogens with one attached hydrogen (secondary N) is 2. The van der Waals surface area contributed by atoms with E-state index in [0.717, 1.165) is 12.8 Å². The van der Waals surface area contributed by atoms with Gasteiger partial charge in [-0.1, -0.05) is 25.5 Å². The number of hydrogen-bond acceptors (Lipinski definition) is 6. The highest BCUT2D eigenvalue weighted by Crippen LogP contribution is 2.29. The second-order valence-electron chi connectivity index (χ2n) is 5.83. The molecule has 0 fully saturated rings. The molecule has 1 aromatic carbocycles. The van der Waals surface area contributed by atoms with Gasteiger partial charge < -0.3 is 19.5 Å². The van der Waals surface area contributed by atoms with Crippen LogP contribution in [0.5, 0.6) is 11.5 Å². The van der Waals surface area contributed by atoms with Crippen LogP contribution in [0.25, 0.3) is 6.08 Å². The second-order valence-corrected chi connectivity index (χ2v) is 5.83. The summed E-state index contributed by atoms with van der Waals surface area (Å²) < 4.78 is 16.1. The van der Waals surface area contributed by atoms with Crippen LogP contribution in [0.1, 0.15) is 32.3 Å². The minimum absolute atomic E-state index is 0.216. The van der Waals surface area contributed by atoms with Crippen molar-refractivity contribution in [1.82, 2.24) is 10.6 Å². The van der Waals surface area contributed by atoms with Crippen molar-refractivity contribution in [3.63, 3.8) is 0 Å². The zero-order valence-corrected chi connectivity index (χ0v) is 16.9. The summed E-state index contributed by atoms with van der Waals surface area (Å²) >= 11 is 0. The van der Waals surface area contributed by atoms with Gasteiger partial charge in [0.2, 0.25) is 0 Å². The standard InChI is InChI=1S/C21H28N2O6/c1-4-7-13-28-17-10-8-16(14-18(17)27-6-3)9-11-20(25)29-15-19(24)23-21(26)22-12-5-2/h5,8-11,14H,2,4,6-7,12-13,15H2,1,3H3,(H2,22,23,24,26)/b11-9+. The predicted octanol–water partition coefficient (Wildman–Crippen LogP) is 2.83. The summed E-state index contributed by atoms with van der Waals surface area (Å²) in [6.07, 6.45) is 6.17. The summed E-state index contributed by atoms with van der Waals surface area (Å²) in [4.78, 5) is 34.6. The lowest BCUT2D eigenvalue weighted by atomic mass is 10.2. The highest BCUT2D eigenvalue weighted by atomic mass is 16.5. The minimum atomic E-state index is -0.736. The molecule has 8 nitrogen and oxygen atoms in total. The zero-order chi connectivity index (χ0) is 21.5. The SMILES string of the molecule is C=CCNC(=O)NC(=O)COC(=O)/C=C/c1ccc(OCCCC)c(OCC)c1. The van der Waals surface area contributed by atoms with Crippen LogP contribution >= 0.6 is 0 Å². The van der Waals surface area contributed by atoms with E-state index < -0.39 is 24.5 Å². The largest absolute Gasteiger partial charge is 0.490 e. The Morgan fingerprint density at radius 1 is 1.14 bits per heavy atom. The molecule has 0 saturated carbocycles. The van der Waals surface area contributed by atoms with Crippen molar-refractivity contribution in [2.75, 3.05) is 26.4 Å². The topological polar surface area (TPSA) is 103 Å². The van der Waals surface area contributed by atoms with Gasteiger partial charge in [-0.15, -0.1) is 6.58 Å². The predicted molar refractivity (Wildman–Crippen MR) is 110 cm³/mol. The first-order chi connectivity index (χ1) is 14.0. The molecular formula is C21H28N2O6. The van der Waals surface area contributed by atoms with E-state index >= 15 is 0 Å². The van der Waals surface area contributed by atoms with E-state index in [1.165, 1.54) is 18.2 Å². The van der Waals surface area contributed by atoms with Crippen molar-refractivity contribution >= 4 is 24.0 Å². The number of carbonyl (C=O) groups is 3. The molecule has 1 aromatic rings. The lowest BCUT2D eigenvalue weighted by Crippen LogP contribution is -2.41. The van der Waals surface area contributed by atoms with Gasteiger partial charge in [0.1, 0.15) is 0 Å². The molecule has 0 radical (unpaired) electrons. The number of ether oxygens (including phenoxy) is 3. The molecule has 0 aliphatic carbocycles. The molecule has 8 heteroatoms.